The molecular weight excluding hydrogens is 394 g/mol. The smallest absolute Gasteiger partial charge is 0.252 e. The first kappa shape index (κ1) is 26.5. The molecule has 5 heteroatoms. The van der Waals surface area contributed by atoms with E-state index in [2.05, 4.69) is 24.4 Å². The molecule has 0 aromatic heterocycles. The van der Waals surface area contributed by atoms with Gasteiger partial charge in [-0.3, -0.25) is 10.2 Å². The fraction of sp³-hybridized carbons (Fsp3) is 0.680. The van der Waals surface area contributed by atoms with Gasteiger partial charge in [0, 0.05) is 5.56 Å². The van der Waals surface area contributed by atoms with E-state index in [1.54, 1.807) is 0 Å². The molecule has 1 fully saturated rings. The van der Waals surface area contributed by atoms with Crippen molar-refractivity contribution in [3.05, 3.63) is 35.4 Å². The van der Waals surface area contributed by atoms with Crippen LogP contribution in [-0.4, -0.2) is 17.3 Å². The molecule has 0 saturated heterocycles. The summed E-state index contributed by atoms with van der Waals surface area (Å²) in [5, 5.41) is 10.5. The minimum atomic E-state index is -0.579. The fourth-order valence-electron chi connectivity index (χ4n) is 3.87. The van der Waals surface area contributed by atoms with Crippen LogP contribution in [0.2, 0.25) is 0 Å². The third-order valence-electron chi connectivity index (χ3n) is 6.15. The van der Waals surface area contributed by atoms with Gasteiger partial charge in [0.05, 0.1) is 5.54 Å². The van der Waals surface area contributed by atoms with E-state index in [4.69, 9.17) is 11.1 Å². The molecule has 30 heavy (non-hydrogen) atoms. The van der Waals surface area contributed by atoms with Crippen LogP contribution in [0.3, 0.4) is 0 Å². The van der Waals surface area contributed by atoms with Gasteiger partial charge in [0.1, 0.15) is 5.84 Å². The van der Waals surface area contributed by atoms with E-state index in [1.165, 1.54) is 82.6 Å². The predicted molar refractivity (Wildman–Crippen MR) is 130 cm³/mol. The second kappa shape index (κ2) is 14.5. The first-order valence-corrected chi connectivity index (χ1v) is 11.8. The zero-order chi connectivity index (χ0) is 21.0. The summed E-state index contributed by atoms with van der Waals surface area (Å²) in [5.41, 5.74) is 6.95. The average Bonchev–Trinajstić information content (AvgIpc) is 3.50. The zero-order valence-corrected chi connectivity index (χ0v) is 19.6. The van der Waals surface area contributed by atoms with E-state index in [0.29, 0.717) is 5.56 Å². The molecule has 0 radical (unpaired) electrons. The summed E-state index contributed by atoms with van der Waals surface area (Å²) in [4.78, 5) is 12.3. The van der Waals surface area contributed by atoms with Gasteiger partial charge in [-0.2, -0.15) is 0 Å². The van der Waals surface area contributed by atoms with Crippen LogP contribution in [0, 0.1) is 5.41 Å². The Labute approximate surface area is 189 Å². The van der Waals surface area contributed by atoms with Crippen molar-refractivity contribution in [2.45, 2.75) is 109 Å². The molecule has 0 spiro atoms. The largest absolute Gasteiger partial charge is 0.386 e. The molecule has 0 unspecified atom stereocenters. The highest BCUT2D eigenvalue weighted by molar-refractivity contribution is 6.01. The average molecular weight is 436 g/mol. The van der Waals surface area contributed by atoms with Gasteiger partial charge < -0.3 is 11.1 Å². The Bertz CT molecular complexity index is 626. The van der Waals surface area contributed by atoms with Gasteiger partial charge >= 0.3 is 0 Å². The number of amidine groups is 1. The van der Waals surface area contributed by atoms with Crippen molar-refractivity contribution in [1.29, 1.82) is 5.41 Å². The lowest BCUT2D eigenvalue weighted by atomic mass is 10.0. The number of carbonyl (C=O) groups excluding carboxylic acids is 1. The lowest BCUT2D eigenvalue weighted by molar-refractivity contribution is 0.0943. The number of unbranched alkanes of at least 4 members (excludes halogenated alkanes) is 11. The normalized spacial score (nSPS) is 14.0. The monoisotopic (exact) mass is 435 g/mol. The third kappa shape index (κ3) is 9.51. The van der Waals surface area contributed by atoms with Gasteiger partial charge in [-0.1, -0.05) is 89.7 Å². The Morgan fingerprint density at radius 2 is 1.37 bits per heavy atom. The van der Waals surface area contributed by atoms with Crippen molar-refractivity contribution in [3.8, 4) is 0 Å². The number of rotatable bonds is 16. The maximum Gasteiger partial charge on any atom is 0.252 e. The summed E-state index contributed by atoms with van der Waals surface area (Å²) in [6.45, 7) is 2.27. The number of nitrogens with two attached hydrogens (primary N) is 1. The minimum Gasteiger partial charge on any atom is -0.386 e. The third-order valence-corrected chi connectivity index (χ3v) is 6.15. The quantitative estimate of drug-likeness (QED) is 0.156. The SMILES string of the molecule is CCCCCCCCCCCCCCc1ccc(C(=O)NC2(C(=N)N)CC2)cc1.Cl. The molecule has 4 N–H and O–H groups in total. The van der Waals surface area contributed by atoms with Crippen LogP contribution >= 0.6 is 12.4 Å². The lowest BCUT2D eigenvalue weighted by Gasteiger charge is -2.15. The summed E-state index contributed by atoms with van der Waals surface area (Å²) in [5.74, 6) is -0.0657. The summed E-state index contributed by atoms with van der Waals surface area (Å²) < 4.78 is 0. The van der Waals surface area contributed by atoms with Crippen LogP contribution < -0.4 is 11.1 Å². The van der Waals surface area contributed by atoms with Gasteiger partial charge in [0.2, 0.25) is 0 Å². The molecule has 1 saturated carbocycles. The van der Waals surface area contributed by atoms with Crippen molar-refractivity contribution >= 4 is 24.1 Å². The maximum absolute atomic E-state index is 12.3. The Morgan fingerprint density at radius 1 is 0.900 bits per heavy atom. The van der Waals surface area contributed by atoms with Crippen LogP contribution in [-0.2, 0) is 6.42 Å². The van der Waals surface area contributed by atoms with Crippen LogP contribution in [0.5, 0.6) is 0 Å². The summed E-state index contributed by atoms with van der Waals surface area (Å²) in [6.07, 6.45) is 19.0. The summed E-state index contributed by atoms with van der Waals surface area (Å²) in [6, 6.07) is 7.89. The van der Waals surface area contributed by atoms with Crippen molar-refractivity contribution < 1.29 is 4.79 Å². The Morgan fingerprint density at radius 3 is 1.80 bits per heavy atom. The molecule has 0 atom stereocenters. The van der Waals surface area contributed by atoms with Gasteiger partial charge in [-0.25, -0.2) is 0 Å². The Balaban J connectivity index is 0.00000450. The molecule has 0 aliphatic heterocycles. The highest BCUT2D eigenvalue weighted by Crippen LogP contribution is 2.35. The van der Waals surface area contributed by atoms with E-state index >= 15 is 0 Å². The van der Waals surface area contributed by atoms with Gasteiger partial charge in [-0.15, -0.1) is 12.4 Å². The standard InChI is InChI=1S/C25H41N3O.ClH/c1-2-3-4-5-6-7-8-9-10-11-12-13-14-21-15-17-22(18-16-21)23(29)28-25(19-20-25)24(26)27;/h15-18H,2-14,19-20H2,1H3,(H3,26,27)(H,28,29);1H. The number of carbonyl (C=O) groups is 1. The Kier molecular flexibility index (Phi) is 12.8. The minimum absolute atomic E-state index is 0. The summed E-state index contributed by atoms with van der Waals surface area (Å²) >= 11 is 0. The molecule has 4 nitrogen and oxygen atoms in total. The van der Waals surface area contributed by atoms with Gasteiger partial charge in [0.25, 0.3) is 5.91 Å². The molecule has 1 aromatic rings. The zero-order valence-electron chi connectivity index (χ0n) is 18.8. The second-order valence-corrected chi connectivity index (χ2v) is 8.79. The van der Waals surface area contributed by atoms with Crippen molar-refractivity contribution in [2.75, 3.05) is 0 Å². The molecular formula is C25H42ClN3O. The van der Waals surface area contributed by atoms with Crippen LogP contribution in [0.1, 0.15) is 113 Å². The molecule has 0 heterocycles. The molecule has 170 valence electrons. The van der Waals surface area contributed by atoms with Crippen LogP contribution in [0.25, 0.3) is 0 Å². The van der Waals surface area contributed by atoms with Crippen molar-refractivity contribution in [1.82, 2.24) is 5.32 Å². The van der Waals surface area contributed by atoms with Gasteiger partial charge in [-0.05, 0) is 43.4 Å². The lowest BCUT2D eigenvalue weighted by Crippen LogP contribution is -2.46. The van der Waals surface area contributed by atoms with E-state index in [-0.39, 0.29) is 24.1 Å². The highest BCUT2D eigenvalue weighted by atomic mass is 35.5. The maximum atomic E-state index is 12.3. The molecule has 1 aromatic carbocycles. The van der Waals surface area contributed by atoms with Crippen LogP contribution in [0.4, 0.5) is 0 Å². The number of hydrogen-bond acceptors (Lipinski definition) is 2. The van der Waals surface area contributed by atoms with Crippen LogP contribution in [0.15, 0.2) is 24.3 Å². The molecule has 0 bridgehead atoms. The number of halogens is 1. The summed E-state index contributed by atoms with van der Waals surface area (Å²) in [7, 11) is 0. The number of benzene rings is 1. The molecule has 1 aliphatic carbocycles. The number of hydrogen-bond donors (Lipinski definition) is 3. The van der Waals surface area contributed by atoms with Crippen molar-refractivity contribution in [2.24, 2.45) is 5.73 Å². The highest BCUT2D eigenvalue weighted by Gasteiger charge is 2.47. The molecule has 1 aliphatic rings. The van der Waals surface area contributed by atoms with Gasteiger partial charge in [0.15, 0.2) is 0 Å². The Hall–Kier alpha value is -1.55. The fourth-order valence-corrected chi connectivity index (χ4v) is 3.87. The predicted octanol–water partition coefficient (Wildman–Crippen LogP) is 6.55. The first-order chi connectivity index (χ1) is 14.1. The van der Waals surface area contributed by atoms with E-state index in [0.717, 1.165) is 19.3 Å². The number of aryl methyl sites for hydroxylation is 1. The topological polar surface area (TPSA) is 79.0 Å². The molecule has 1 amide bonds. The van der Waals surface area contributed by atoms with E-state index < -0.39 is 5.54 Å². The van der Waals surface area contributed by atoms with E-state index in [9.17, 15) is 4.79 Å². The second-order valence-electron chi connectivity index (χ2n) is 8.79. The number of nitrogens with one attached hydrogen (secondary N) is 2. The molecule has 2 rings (SSSR count). The first-order valence-electron chi connectivity index (χ1n) is 11.8. The van der Waals surface area contributed by atoms with E-state index in [1.807, 2.05) is 12.1 Å². The number of amides is 1. The van der Waals surface area contributed by atoms with Crippen molar-refractivity contribution in [3.63, 3.8) is 0 Å².